The van der Waals surface area contributed by atoms with Crippen LogP contribution >= 0.6 is 94.2 Å². The van der Waals surface area contributed by atoms with E-state index in [-0.39, 0.29) is 54.6 Å². The standard InChI is InChI=1S/C22H19ClN4O.C21H21ClN2O3.C20H18Br2N2O2.C20H18BrClN2O2.C20H17ClF2N2O2/c1-28-16-5-2-14(3-6-16)22-21-17(18-12-15(23)4-7-19(18)26-21)8-11-27(22)20-13-24-9-10-25-20;1-3-27-21(25)24-11-10-16-17-12-14(22)6-9-18(17)23-19(16)20(24)13-4-7-15(26-2)8-5-13;1-2-26-20(25)24-10-9-15-16-11-14(22)7-8-17(16)23-18(15)19(24)12-3-5-13(21)6-4-12;1-2-26-20(25)24-10-9-15-16-11-13(21)5-8-17(16)23-18(15)19(24)12-3-6-14(22)7-4-12;1-2-27-20(26)25-9-8-12-14-10-11(21)6-7-16(14)24-18(12)19(25)13-4-3-5-15(22)17(13)23/h2-7,9-10,12-13,22,26H,8,11H2,1H3;4-9,12,20,23H,3,10-11H2,1-2H3;2*3-8,11,19,23H,2,9-10H2,1H3;3-7,10,19,24H,2,8-9H2,1H3. The van der Waals surface area contributed by atoms with E-state index < -0.39 is 23.8 Å². The van der Waals surface area contributed by atoms with Crippen LogP contribution in [0.4, 0.5) is 33.8 Å². The van der Waals surface area contributed by atoms with Crippen LogP contribution in [0.5, 0.6) is 11.5 Å². The zero-order chi connectivity index (χ0) is 93.7. The first kappa shape index (κ1) is 93.7. The molecule has 10 aromatic carbocycles. The second-order valence-electron chi connectivity index (χ2n) is 32.4. The van der Waals surface area contributed by atoms with E-state index in [2.05, 4.69) is 142 Å². The molecule has 0 saturated heterocycles. The van der Waals surface area contributed by atoms with Crippen molar-refractivity contribution >= 4 is 179 Å². The average Bonchev–Trinajstić information content (AvgIpc) is 1.65. The number of amides is 4. The highest BCUT2D eigenvalue weighted by Gasteiger charge is 2.42. The number of nitrogens with one attached hydrogen (secondary N) is 5. The Balaban J connectivity index is 0.000000117. The van der Waals surface area contributed by atoms with Gasteiger partial charge in [-0.05, 0) is 255 Å². The van der Waals surface area contributed by atoms with Crippen molar-refractivity contribution in [2.24, 2.45) is 0 Å². The largest absolute Gasteiger partial charge is 0.497 e. The molecule has 4 amide bonds. The summed E-state index contributed by atoms with van der Waals surface area (Å²) >= 11 is 35.3. The fraction of sp³-hybridized carbons (Fsp3) is 0.243. The molecule has 5 unspecified atom stereocenters. The van der Waals surface area contributed by atoms with Crippen LogP contribution in [0.15, 0.2) is 238 Å². The van der Waals surface area contributed by atoms with E-state index >= 15 is 0 Å². The molecule has 21 rings (SSSR count). The van der Waals surface area contributed by atoms with Crippen molar-refractivity contribution in [3.05, 3.63) is 354 Å². The quantitative estimate of drug-likeness (QED) is 0.0716. The molecule has 16 aromatic rings. The molecule has 5 atom stereocenters. The van der Waals surface area contributed by atoms with Crippen molar-refractivity contribution in [3.8, 4) is 11.5 Å². The molecule has 688 valence electrons. The fourth-order valence-electron chi connectivity index (χ4n) is 18.9. The van der Waals surface area contributed by atoms with Crippen molar-refractivity contribution in [2.75, 3.05) is 78.3 Å². The third kappa shape index (κ3) is 19.4. The van der Waals surface area contributed by atoms with Gasteiger partial charge in [-0.1, -0.05) is 155 Å². The van der Waals surface area contributed by atoms with E-state index in [1.807, 2.05) is 159 Å². The van der Waals surface area contributed by atoms with E-state index in [1.54, 1.807) is 49.4 Å². The number of anilines is 1. The molecule has 134 heavy (non-hydrogen) atoms. The first-order chi connectivity index (χ1) is 65.0. The predicted octanol–water partition coefficient (Wildman–Crippen LogP) is 26.4. The van der Waals surface area contributed by atoms with E-state index in [0.717, 1.165) is 152 Å². The lowest BCUT2D eigenvalue weighted by Crippen LogP contribution is -2.41. The van der Waals surface area contributed by atoms with Gasteiger partial charge in [0.1, 0.15) is 41.5 Å². The van der Waals surface area contributed by atoms with Crippen LogP contribution in [0.1, 0.15) is 142 Å². The number of hydrogen-bond donors (Lipinski definition) is 5. The predicted molar refractivity (Wildman–Crippen MR) is 532 cm³/mol. The average molecular weight is 2080 g/mol. The highest BCUT2D eigenvalue weighted by molar-refractivity contribution is 9.11. The van der Waals surface area contributed by atoms with Crippen LogP contribution in [0.2, 0.25) is 20.1 Å². The Morgan fingerprint density at radius 2 is 0.687 bits per heavy atom. The first-order valence-corrected chi connectivity index (χ1v) is 47.9. The highest BCUT2D eigenvalue weighted by atomic mass is 79.9. The molecule has 0 saturated carbocycles. The van der Waals surface area contributed by atoms with Gasteiger partial charge in [0, 0.05) is 167 Å². The molecule has 0 spiro atoms. The number of H-pyrrole nitrogens is 5. The lowest BCUT2D eigenvalue weighted by atomic mass is 9.92. The maximum atomic E-state index is 14.6. The van der Waals surface area contributed by atoms with Gasteiger partial charge in [-0.25, -0.2) is 32.9 Å². The maximum Gasteiger partial charge on any atom is 0.410 e. The number of nitrogens with zero attached hydrogens (tertiary/aromatic N) is 7. The van der Waals surface area contributed by atoms with E-state index in [1.165, 1.54) is 66.7 Å². The number of ether oxygens (including phenoxy) is 6. The Bertz CT molecular complexity index is 6850. The number of rotatable bonds is 12. The summed E-state index contributed by atoms with van der Waals surface area (Å²) in [7, 11) is 3.32. The Labute approximate surface area is 817 Å². The van der Waals surface area contributed by atoms with Crippen molar-refractivity contribution in [1.29, 1.82) is 0 Å². The normalized spacial score (nSPS) is 16.4. The Morgan fingerprint density at radius 3 is 1.05 bits per heavy atom. The summed E-state index contributed by atoms with van der Waals surface area (Å²) in [6, 6.07) is 64.1. The molecule has 5 aliphatic heterocycles. The topological polar surface area (TPSA) is 245 Å². The molecule has 22 nitrogen and oxygen atoms in total. The number of carbonyl (C=O) groups excluding carboxylic acids is 4. The van der Waals surface area contributed by atoms with Gasteiger partial charge < -0.3 is 58.2 Å². The van der Waals surface area contributed by atoms with Crippen LogP contribution in [-0.4, -0.2) is 152 Å². The molecular weight excluding hydrogens is 1980 g/mol. The van der Waals surface area contributed by atoms with Gasteiger partial charge in [-0.2, -0.15) is 0 Å². The summed E-state index contributed by atoms with van der Waals surface area (Å²) in [5.41, 5.74) is 20.4. The second kappa shape index (κ2) is 41.4. The molecule has 31 heteroatoms. The number of halogens is 9. The first-order valence-electron chi connectivity index (χ1n) is 44.0. The zero-order valence-corrected chi connectivity index (χ0v) is 81.5. The van der Waals surface area contributed by atoms with Gasteiger partial charge in [0.2, 0.25) is 0 Å². The number of methoxy groups -OCH3 is 2. The number of benzene rings is 10. The number of carbonyl (C=O) groups is 4. The molecule has 5 aliphatic rings. The summed E-state index contributed by atoms with van der Waals surface area (Å²) in [4.78, 5) is 85.8. The smallest absolute Gasteiger partial charge is 0.410 e. The minimum atomic E-state index is -0.971. The molecular formula is C103H93Br3Cl4F2N12O10. The molecule has 11 heterocycles. The molecule has 6 aromatic heterocycles. The third-order valence-electron chi connectivity index (χ3n) is 24.8. The number of hydrogen-bond acceptors (Lipinski definition) is 13. The summed E-state index contributed by atoms with van der Waals surface area (Å²) < 4.78 is 63.4. The molecule has 0 fully saturated rings. The van der Waals surface area contributed by atoms with Crippen molar-refractivity contribution < 1.29 is 56.4 Å². The Hall–Kier alpha value is -12.1. The number of fused-ring (bicyclic) bond motifs is 15. The highest BCUT2D eigenvalue weighted by Crippen LogP contribution is 2.48. The number of aromatic amines is 5. The molecule has 0 aliphatic carbocycles. The minimum absolute atomic E-state index is 0.0116. The van der Waals surface area contributed by atoms with E-state index in [0.29, 0.717) is 73.2 Å². The van der Waals surface area contributed by atoms with Crippen LogP contribution in [0.25, 0.3) is 54.5 Å². The SMILES string of the molecule is CCOC(=O)N1CCc2c([nH]c3ccc(Br)cc23)C1c1ccc(Br)cc1.CCOC(=O)N1CCc2c([nH]c3ccc(Br)cc23)C1c1ccc(Cl)cc1.CCOC(=O)N1CCc2c([nH]c3ccc(Cl)cc23)C1c1ccc(OC)cc1.CCOC(=O)N1CCc2c([nH]c3ccc(Cl)cc23)C1c1cccc(F)c1F.COc1ccc(C2c3[nH]c4ccc(Cl)cc4c3CCN2c2cnccn2)cc1. The van der Waals surface area contributed by atoms with Crippen LogP contribution in [0, 0.1) is 11.6 Å². The van der Waals surface area contributed by atoms with E-state index in [9.17, 15) is 28.0 Å². The van der Waals surface area contributed by atoms with E-state index in [4.69, 9.17) is 74.8 Å². The summed E-state index contributed by atoms with van der Waals surface area (Å²) in [5, 5.41) is 8.35. The third-order valence-corrected chi connectivity index (χ3v) is 27.3. The fourth-order valence-corrected chi connectivity index (χ4v) is 20.5. The minimum Gasteiger partial charge on any atom is -0.497 e. The summed E-state index contributed by atoms with van der Waals surface area (Å²) in [6.45, 7) is 11.5. The molecule has 0 bridgehead atoms. The van der Waals surface area contributed by atoms with Gasteiger partial charge in [-0.3, -0.25) is 24.6 Å². The molecule has 0 radical (unpaired) electrons. The Morgan fingerprint density at radius 1 is 0.373 bits per heavy atom. The van der Waals surface area contributed by atoms with Crippen LogP contribution in [-0.2, 0) is 51.1 Å². The van der Waals surface area contributed by atoms with Gasteiger partial charge in [0.25, 0.3) is 0 Å². The van der Waals surface area contributed by atoms with Crippen molar-refractivity contribution in [2.45, 2.75) is 90.0 Å². The summed E-state index contributed by atoms with van der Waals surface area (Å²) in [6.07, 6.45) is 7.64. The Kier molecular flexibility index (Phi) is 29.0. The van der Waals surface area contributed by atoms with Crippen LogP contribution in [0.3, 0.4) is 0 Å². The van der Waals surface area contributed by atoms with Crippen molar-refractivity contribution in [3.63, 3.8) is 0 Å². The zero-order valence-electron chi connectivity index (χ0n) is 73.8. The van der Waals surface area contributed by atoms with Crippen LogP contribution < -0.4 is 14.4 Å². The van der Waals surface area contributed by atoms with Gasteiger partial charge >= 0.3 is 24.4 Å². The summed E-state index contributed by atoms with van der Waals surface area (Å²) in [5.74, 6) is 0.560. The molecule has 5 N–H and O–H groups in total. The number of aromatic nitrogens is 7. The second-order valence-corrected chi connectivity index (χ2v) is 36.9. The maximum absolute atomic E-state index is 14.6. The lowest BCUT2D eigenvalue weighted by molar-refractivity contribution is 0.0918. The lowest BCUT2D eigenvalue weighted by Gasteiger charge is -2.37. The van der Waals surface area contributed by atoms with Crippen molar-refractivity contribution in [1.82, 2.24) is 54.5 Å². The monoisotopic (exact) mass is 2070 g/mol. The van der Waals surface area contributed by atoms with Gasteiger partial charge in [0.15, 0.2) is 11.6 Å². The van der Waals surface area contributed by atoms with Gasteiger partial charge in [0.05, 0.1) is 52.9 Å². The van der Waals surface area contributed by atoms with Gasteiger partial charge in [-0.15, -0.1) is 0 Å².